The van der Waals surface area contributed by atoms with Crippen molar-refractivity contribution < 1.29 is 0 Å². The molecule has 3 rings (SSSR count). The Bertz CT molecular complexity index is 903. The summed E-state index contributed by atoms with van der Waals surface area (Å²) in [6.07, 6.45) is 1.76. The average molecular weight is 361 g/mol. The maximum Gasteiger partial charge on any atom is 0.229 e. The first-order valence-electron chi connectivity index (χ1n) is 9.38. The predicted octanol–water partition coefficient (Wildman–Crippen LogP) is 5.43. The molecule has 0 saturated heterocycles. The molecule has 5 heteroatoms. The molecule has 0 saturated carbocycles. The molecule has 1 aromatic heterocycles. The van der Waals surface area contributed by atoms with Crippen molar-refractivity contribution in [2.75, 3.05) is 28.6 Å². The van der Waals surface area contributed by atoms with Gasteiger partial charge in [0.25, 0.3) is 0 Å². The molecule has 0 radical (unpaired) electrons. The number of rotatable bonds is 7. The van der Waals surface area contributed by atoms with Gasteiger partial charge in [0.2, 0.25) is 5.95 Å². The number of hydrogen-bond donors (Lipinski definition) is 2. The number of nitrogens with one attached hydrogen (secondary N) is 2. The Hall–Kier alpha value is -3.08. The van der Waals surface area contributed by atoms with Gasteiger partial charge in [-0.05, 0) is 75.2 Å². The Morgan fingerprint density at radius 1 is 0.926 bits per heavy atom. The summed E-state index contributed by atoms with van der Waals surface area (Å²) in [5.74, 6) is 1.34. The molecule has 0 amide bonds. The van der Waals surface area contributed by atoms with Gasteiger partial charge in [0.05, 0.1) is 0 Å². The van der Waals surface area contributed by atoms with E-state index in [4.69, 9.17) is 0 Å². The summed E-state index contributed by atoms with van der Waals surface area (Å²) in [6, 6.07) is 16.5. The molecule has 1 heterocycles. The third-order valence-corrected chi connectivity index (χ3v) is 4.53. The second-order valence-corrected chi connectivity index (χ2v) is 6.56. The molecule has 5 nitrogen and oxygen atoms in total. The molecule has 140 valence electrons. The van der Waals surface area contributed by atoms with Crippen molar-refractivity contribution in [3.63, 3.8) is 0 Å². The van der Waals surface area contributed by atoms with Crippen molar-refractivity contribution in [3.8, 4) is 0 Å². The van der Waals surface area contributed by atoms with Gasteiger partial charge >= 0.3 is 0 Å². The summed E-state index contributed by atoms with van der Waals surface area (Å²) in [5.41, 5.74) is 5.65. The SMILES string of the molecule is CCN(CC)c1ccc(Nc2ccnc(Nc3cccc(C)c3)n2)c(C)c1. The minimum Gasteiger partial charge on any atom is -0.372 e. The van der Waals surface area contributed by atoms with Gasteiger partial charge in [0, 0.05) is 36.3 Å². The summed E-state index contributed by atoms with van der Waals surface area (Å²) in [7, 11) is 0. The molecule has 2 aromatic carbocycles. The van der Waals surface area contributed by atoms with Gasteiger partial charge in [-0.15, -0.1) is 0 Å². The highest BCUT2D eigenvalue weighted by molar-refractivity contribution is 5.66. The molecule has 0 aliphatic heterocycles. The Labute approximate surface area is 161 Å². The quantitative estimate of drug-likeness (QED) is 0.588. The molecule has 2 N–H and O–H groups in total. The Morgan fingerprint density at radius 2 is 1.74 bits per heavy atom. The van der Waals surface area contributed by atoms with Gasteiger partial charge in [0.15, 0.2) is 0 Å². The van der Waals surface area contributed by atoms with Crippen LogP contribution in [0.4, 0.5) is 28.8 Å². The van der Waals surface area contributed by atoms with Gasteiger partial charge in [-0.1, -0.05) is 12.1 Å². The average Bonchev–Trinajstić information content (AvgIpc) is 2.65. The maximum absolute atomic E-state index is 4.58. The van der Waals surface area contributed by atoms with Crippen molar-refractivity contribution in [1.82, 2.24) is 9.97 Å². The van der Waals surface area contributed by atoms with Crippen LogP contribution in [0, 0.1) is 13.8 Å². The van der Waals surface area contributed by atoms with Crippen molar-refractivity contribution in [2.24, 2.45) is 0 Å². The van der Waals surface area contributed by atoms with Crippen LogP contribution in [0.5, 0.6) is 0 Å². The summed E-state index contributed by atoms with van der Waals surface area (Å²) in [5, 5.41) is 6.66. The number of aromatic nitrogens is 2. The van der Waals surface area contributed by atoms with Crippen LogP contribution in [0.25, 0.3) is 0 Å². The number of aryl methyl sites for hydroxylation is 2. The van der Waals surface area contributed by atoms with E-state index in [1.807, 2.05) is 18.2 Å². The predicted molar refractivity (Wildman–Crippen MR) is 115 cm³/mol. The molecule has 3 aromatic rings. The Morgan fingerprint density at radius 3 is 2.44 bits per heavy atom. The number of anilines is 5. The van der Waals surface area contributed by atoms with Crippen molar-refractivity contribution in [3.05, 3.63) is 65.9 Å². The molecule has 0 aliphatic rings. The smallest absolute Gasteiger partial charge is 0.229 e. The Kier molecular flexibility index (Phi) is 5.91. The fourth-order valence-corrected chi connectivity index (χ4v) is 3.05. The minimum absolute atomic E-state index is 0.572. The van der Waals surface area contributed by atoms with Crippen LogP contribution in [0.15, 0.2) is 54.7 Å². The molecule has 0 bridgehead atoms. The van der Waals surface area contributed by atoms with Gasteiger partial charge in [-0.25, -0.2) is 4.98 Å². The zero-order chi connectivity index (χ0) is 19.2. The first-order valence-corrected chi connectivity index (χ1v) is 9.38. The maximum atomic E-state index is 4.58. The van der Waals surface area contributed by atoms with Gasteiger partial charge in [0.1, 0.15) is 5.82 Å². The monoisotopic (exact) mass is 361 g/mol. The molecule has 0 atom stereocenters. The van der Waals surface area contributed by atoms with E-state index < -0.39 is 0 Å². The largest absolute Gasteiger partial charge is 0.372 e. The van der Waals surface area contributed by atoms with Crippen molar-refractivity contribution in [2.45, 2.75) is 27.7 Å². The van der Waals surface area contributed by atoms with Gasteiger partial charge in [-0.3, -0.25) is 0 Å². The van der Waals surface area contributed by atoms with Crippen LogP contribution < -0.4 is 15.5 Å². The summed E-state index contributed by atoms with van der Waals surface area (Å²) >= 11 is 0. The molecule has 0 aliphatic carbocycles. The lowest BCUT2D eigenvalue weighted by Gasteiger charge is -2.22. The summed E-state index contributed by atoms with van der Waals surface area (Å²) in [4.78, 5) is 11.2. The van der Waals surface area contributed by atoms with Gasteiger partial charge in [-0.2, -0.15) is 4.98 Å². The molecule has 0 spiro atoms. The van der Waals surface area contributed by atoms with E-state index in [1.54, 1.807) is 6.20 Å². The zero-order valence-corrected chi connectivity index (χ0v) is 16.5. The second-order valence-electron chi connectivity index (χ2n) is 6.56. The van der Waals surface area contributed by atoms with Crippen molar-refractivity contribution in [1.29, 1.82) is 0 Å². The van der Waals surface area contributed by atoms with Crippen LogP contribution in [-0.4, -0.2) is 23.1 Å². The van der Waals surface area contributed by atoms with E-state index in [1.165, 1.54) is 16.8 Å². The van der Waals surface area contributed by atoms with E-state index in [9.17, 15) is 0 Å². The van der Waals surface area contributed by atoms with E-state index in [-0.39, 0.29) is 0 Å². The highest BCUT2D eigenvalue weighted by Gasteiger charge is 2.07. The van der Waals surface area contributed by atoms with Crippen molar-refractivity contribution >= 4 is 28.8 Å². The van der Waals surface area contributed by atoms with Crippen LogP contribution in [-0.2, 0) is 0 Å². The first-order chi connectivity index (χ1) is 13.1. The molecule has 27 heavy (non-hydrogen) atoms. The van der Waals surface area contributed by atoms with E-state index in [0.717, 1.165) is 30.3 Å². The second kappa shape index (κ2) is 8.54. The topological polar surface area (TPSA) is 53.1 Å². The molecule has 0 fully saturated rings. The molecule has 0 unspecified atom stereocenters. The number of hydrogen-bond acceptors (Lipinski definition) is 5. The van der Waals surface area contributed by atoms with Gasteiger partial charge < -0.3 is 15.5 Å². The lowest BCUT2D eigenvalue weighted by Crippen LogP contribution is -2.21. The highest BCUT2D eigenvalue weighted by Crippen LogP contribution is 2.25. The third-order valence-electron chi connectivity index (χ3n) is 4.53. The standard InChI is InChI=1S/C22H27N5/c1-5-27(6-2)19-10-11-20(17(4)15-19)25-21-12-13-23-22(26-21)24-18-9-7-8-16(3)14-18/h7-15H,5-6H2,1-4H3,(H2,23,24,25,26). The Balaban J connectivity index is 1.76. The zero-order valence-electron chi connectivity index (χ0n) is 16.5. The number of benzene rings is 2. The van der Waals surface area contributed by atoms with E-state index >= 15 is 0 Å². The summed E-state index contributed by atoms with van der Waals surface area (Å²) < 4.78 is 0. The highest BCUT2D eigenvalue weighted by atomic mass is 15.1. The normalized spacial score (nSPS) is 10.5. The van der Waals surface area contributed by atoms with Crippen LogP contribution >= 0.6 is 0 Å². The van der Waals surface area contributed by atoms with E-state index in [2.05, 4.69) is 83.5 Å². The lowest BCUT2D eigenvalue weighted by atomic mass is 10.1. The lowest BCUT2D eigenvalue weighted by molar-refractivity contribution is 0.866. The van der Waals surface area contributed by atoms with Crippen LogP contribution in [0.1, 0.15) is 25.0 Å². The number of nitrogens with zero attached hydrogens (tertiary/aromatic N) is 3. The fourth-order valence-electron chi connectivity index (χ4n) is 3.05. The molecular formula is C22H27N5. The fraction of sp³-hybridized carbons (Fsp3) is 0.273. The third kappa shape index (κ3) is 4.76. The van der Waals surface area contributed by atoms with E-state index in [0.29, 0.717) is 5.95 Å². The summed E-state index contributed by atoms with van der Waals surface area (Å²) in [6.45, 7) is 10.5. The molecular weight excluding hydrogens is 334 g/mol. The first kappa shape index (κ1) is 18.7. The van der Waals surface area contributed by atoms with Crippen LogP contribution in [0.2, 0.25) is 0 Å². The van der Waals surface area contributed by atoms with Crippen LogP contribution in [0.3, 0.4) is 0 Å². The minimum atomic E-state index is 0.572.